The number of hydrogen-bond donors (Lipinski definition) is 1. The highest BCUT2D eigenvalue weighted by Gasteiger charge is 2.08. The van der Waals surface area contributed by atoms with Crippen molar-refractivity contribution >= 4 is 21.6 Å². The molecule has 2 aromatic carbocycles. The van der Waals surface area contributed by atoms with E-state index < -0.39 is 0 Å². The summed E-state index contributed by atoms with van der Waals surface area (Å²) in [4.78, 5) is 10.4. The van der Waals surface area contributed by atoms with Crippen molar-refractivity contribution in [3.8, 4) is 0 Å². The number of nitrogens with zero attached hydrogens (tertiary/aromatic N) is 1. The van der Waals surface area contributed by atoms with Gasteiger partial charge >= 0.3 is 0 Å². The Morgan fingerprint density at radius 2 is 2.00 bits per heavy atom. The summed E-state index contributed by atoms with van der Waals surface area (Å²) < 4.78 is 1.04. The Bertz CT molecular complexity index is 616. The number of nitro groups is 1. The molecule has 0 aliphatic rings. The van der Waals surface area contributed by atoms with E-state index in [2.05, 4.69) is 40.3 Å². The molecule has 0 unspecified atom stereocenters. The summed E-state index contributed by atoms with van der Waals surface area (Å²) in [5.41, 5.74) is 2.20. The molecular weight excluding hydrogens is 320 g/mol. The lowest BCUT2D eigenvalue weighted by atomic mass is 10.1. The van der Waals surface area contributed by atoms with Crippen LogP contribution >= 0.6 is 15.9 Å². The third-order valence-electron chi connectivity index (χ3n) is 3.08. The monoisotopic (exact) mass is 334 g/mol. The third kappa shape index (κ3) is 3.88. The predicted molar refractivity (Wildman–Crippen MR) is 82.5 cm³/mol. The lowest BCUT2D eigenvalue weighted by molar-refractivity contribution is -0.384. The molecule has 0 saturated carbocycles. The fourth-order valence-corrected chi connectivity index (χ4v) is 2.36. The van der Waals surface area contributed by atoms with Crippen LogP contribution in [-0.2, 0) is 6.54 Å². The van der Waals surface area contributed by atoms with Gasteiger partial charge in [0.25, 0.3) is 5.69 Å². The summed E-state index contributed by atoms with van der Waals surface area (Å²) in [5.74, 6) is 0. The SMILES string of the molecule is C[C@H](NCc1cccc([N+](=O)[O-])c1)c1cccc(Br)c1. The molecule has 0 bridgehead atoms. The van der Waals surface area contributed by atoms with Crippen molar-refractivity contribution in [3.63, 3.8) is 0 Å². The smallest absolute Gasteiger partial charge is 0.269 e. The Morgan fingerprint density at radius 1 is 1.25 bits per heavy atom. The van der Waals surface area contributed by atoms with Crippen LogP contribution in [0.2, 0.25) is 0 Å². The van der Waals surface area contributed by atoms with Crippen molar-refractivity contribution in [2.75, 3.05) is 0 Å². The van der Waals surface area contributed by atoms with Gasteiger partial charge in [-0.05, 0) is 30.2 Å². The van der Waals surface area contributed by atoms with Crippen molar-refractivity contribution < 1.29 is 4.92 Å². The molecule has 20 heavy (non-hydrogen) atoms. The van der Waals surface area contributed by atoms with Gasteiger partial charge in [-0.1, -0.05) is 40.2 Å². The summed E-state index contributed by atoms with van der Waals surface area (Å²) in [7, 11) is 0. The molecule has 0 fully saturated rings. The van der Waals surface area contributed by atoms with E-state index in [4.69, 9.17) is 0 Å². The normalized spacial score (nSPS) is 12.1. The summed E-state index contributed by atoms with van der Waals surface area (Å²) in [6, 6.07) is 14.9. The van der Waals surface area contributed by atoms with Crippen LogP contribution in [0.4, 0.5) is 5.69 Å². The molecule has 0 aliphatic carbocycles. The molecule has 104 valence electrons. The Balaban J connectivity index is 2.01. The third-order valence-corrected chi connectivity index (χ3v) is 3.58. The minimum atomic E-state index is -0.374. The first-order valence-corrected chi connectivity index (χ1v) is 7.08. The highest BCUT2D eigenvalue weighted by atomic mass is 79.9. The lowest BCUT2D eigenvalue weighted by Crippen LogP contribution is -2.18. The highest BCUT2D eigenvalue weighted by Crippen LogP contribution is 2.19. The van der Waals surface area contributed by atoms with E-state index in [-0.39, 0.29) is 16.7 Å². The molecule has 0 spiro atoms. The van der Waals surface area contributed by atoms with E-state index in [1.54, 1.807) is 12.1 Å². The molecule has 0 radical (unpaired) electrons. The predicted octanol–water partition coefficient (Wildman–Crippen LogP) is 4.21. The second-order valence-electron chi connectivity index (χ2n) is 4.58. The molecule has 0 aliphatic heterocycles. The Labute approximate surface area is 126 Å². The average molecular weight is 335 g/mol. The van der Waals surface area contributed by atoms with Crippen LogP contribution in [0.5, 0.6) is 0 Å². The van der Waals surface area contributed by atoms with Gasteiger partial charge in [-0.15, -0.1) is 0 Å². The molecule has 0 amide bonds. The van der Waals surface area contributed by atoms with Gasteiger partial charge in [0.1, 0.15) is 0 Å². The zero-order chi connectivity index (χ0) is 14.5. The summed E-state index contributed by atoms with van der Waals surface area (Å²) in [5, 5.41) is 14.1. The van der Waals surface area contributed by atoms with Crippen LogP contribution in [0.15, 0.2) is 53.0 Å². The van der Waals surface area contributed by atoms with Gasteiger partial charge < -0.3 is 5.32 Å². The first-order chi connectivity index (χ1) is 9.56. The molecule has 2 aromatic rings. The number of non-ortho nitro benzene ring substituents is 1. The van der Waals surface area contributed by atoms with Crippen LogP contribution in [0, 0.1) is 10.1 Å². The molecule has 5 heteroatoms. The van der Waals surface area contributed by atoms with Crippen molar-refractivity contribution in [1.29, 1.82) is 0 Å². The Morgan fingerprint density at radius 3 is 2.70 bits per heavy atom. The van der Waals surface area contributed by atoms with Crippen molar-refractivity contribution in [1.82, 2.24) is 5.32 Å². The number of halogens is 1. The van der Waals surface area contributed by atoms with E-state index in [0.717, 1.165) is 10.0 Å². The largest absolute Gasteiger partial charge is 0.306 e. The molecule has 0 aromatic heterocycles. The van der Waals surface area contributed by atoms with Gasteiger partial charge in [-0.3, -0.25) is 10.1 Å². The number of hydrogen-bond acceptors (Lipinski definition) is 3. The van der Waals surface area contributed by atoms with E-state index in [9.17, 15) is 10.1 Å². The van der Waals surface area contributed by atoms with Gasteiger partial charge in [-0.2, -0.15) is 0 Å². The number of nitrogens with one attached hydrogen (secondary N) is 1. The maximum atomic E-state index is 10.7. The molecule has 4 nitrogen and oxygen atoms in total. The molecular formula is C15H15BrN2O2. The van der Waals surface area contributed by atoms with E-state index in [1.165, 1.54) is 11.6 Å². The van der Waals surface area contributed by atoms with Crippen LogP contribution in [-0.4, -0.2) is 4.92 Å². The first-order valence-electron chi connectivity index (χ1n) is 6.28. The molecule has 1 N–H and O–H groups in total. The minimum absolute atomic E-state index is 0.124. The fourth-order valence-electron chi connectivity index (χ4n) is 1.94. The number of rotatable bonds is 5. The summed E-state index contributed by atoms with van der Waals surface area (Å²) in [6.45, 7) is 2.66. The highest BCUT2D eigenvalue weighted by molar-refractivity contribution is 9.10. The maximum absolute atomic E-state index is 10.7. The zero-order valence-corrected chi connectivity index (χ0v) is 12.6. The van der Waals surface area contributed by atoms with Gasteiger partial charge in [-0.25, -0.2) is 0 Å². The Kier molecular flexibility index (Phi) is 4.87. The van der Waals surface area contributed by atoms with Crippen molar-refractivity contribution in [2.45, 2.75) is 19.5 Å². The minimum Gasteiger partial charge on any atom is -0.306 e. The van der Waals surface area contributed by atoms with Crippen LogP contribution in [0.25, 0.3) is 0 Å². The zero-order valence-electron chi connectivity index (χ0n) is 11.0. The van der Waals surface area contributed by atoms with Crippen LogP contribution in [0.1, 0.15) is 24.1 Å². The topological polar surface area (TPSA) is 55.2 Å². The van der Waals surface area contributed by atoms with Gasteiger partial charge in [0, 0.05) is 29.2 Å². The van der Waals surface area contributed by atoms with E-state index >= 15 is 0 Å². The van der Waals surface area contributed by atoms with Crippen LogP contribution < -0.4 is 5.32 Å². The number of nitro benzene ring substituents is 1. The fraction of sp³-hybridized carbons (Fsp3) is 0.200. The first kappa shape index (κ1) is 14.7. The lowest BCUT2D eigenvalue weighted by Gasteiger charge is -2.14. The van der Waals surface area contributed by atoms with Gasteiger partial charge in [0.05, 0.1) is 4.92 Å². The van der Waals surface area contributed by atoms with Crippen molar-refractivity contribution in [2.24, 2.45) is 0 Å². The summed E-state index contributed by atoms with van der Waals surface area (Å²) in [6.07, 6.45) is 0. The second kappa shape index (κ2) is 6.63. The second-order valence-corrected chi connectivity index (χ2v) is 5.50. The number of benzene rings is 2. The van der Waals surface area contributed by atoms with Crippen molar-refractivity contribution in [3.05, 3.63) is 74.2 Å². The van der Waals surface area contributed by atoms with Gasteiger partial charge in [0.2, 0.25) is 0 Å². The summed E-state index contributed by atoms with van der Waals surface area (Å²) >= 11 is 3.45. The maximum Gasteiger partial charge on any atom is 0.269 e. The average Bonchev–Trinajstić information content (AvgIpc) is 2.45. The molecule has 0 heterocycles. The molecule has 2 rings (SSSR count). The molecule has 1 atom stereocenters. The Hall–Kier alpha value is -1.72. The molecule has 0 saturated heterocycles. The quantitative estimate of drug-likeness (QED) is 0.658. The standard InChI is InChI=1S/C15H15BrN2O2/c1-11(13-5-3-6-14(16)9-13)17-10-12-4-2-7-15(8-12)18(19)20/h2-9,11,17H,10H2,1H3/t11-/m0/s1. The van der Waals surface area contributed by atoms with E-state index in [1.807, 2.05) is 18.2 Å². The van der Waals surface area contributed by atoms with Crippen LogP contribution in [0.3, 0.4) is 0 Å². The van der Waals surface area contributed by atoms with E-state index in [0.29, 0.717) is 6.54 Å². The van der Waals surface area contributed by atoms with Gasteiger partial charge in [0.15, 0.2) is 0 Å².